The van der Waals surface area contributed by atoms with Crippen LogP contribution in [0, 0.1) is 6.92 Å². The number of para-hydroxylation sites is 1. The van der Waals surface area contributed by atoms with Crippen LogP contribution in [0.25, 0.3) is 11.0 Å². The Kier molecular flexibility index (Phi) is 7.41. The van der Waals surface area contributed by atoms with Crippen LogP contribution in [-0.2, 0) is 24.9 Å². The molecule has 7 nitrogen and oxygen atoms in total. The van der Waals surface area contributed by atoms with Crippen LogP contribution < -0.4 is 10.1 Å². The van der Waals surface area contributed by atoms with Crippen LogP contribution in [0.15, 0.2) is 97.1 Å². The number of carboxylic acid groups (broad SMARTS) is 1. The summed E-state index contributed by atoms with van der Waals surface area (Å²) in [6.07, 6.45) is 0.230. The molecule has 0 aliphatic heterocycles. The molecule has 7 heteroatoms. The highest BCUT2D eigenvalue weighted by Crippen LogP contribution is 2.23. The Morgan fingerprint density at radius 2 is 1.67 bits per heavy atom. The van der Waals surface area contributed by atoms with Gasteiger partial charge in [-0.25, -0.2) is 9.78 Å². The first kappa shape index (κ1) is 25.7. The van der Waals surface area contributed by atoms with Gasteiger partial charge in [0, 0.05) is 30.3 Å². The van der Waals surface area contributed by atoms with Crippen molar-refractivity contribution < 1.29 is 19.4 Å². The minimum Gasteiger partial charge on any atom is -0.486 e. The third kappa shape index (κ3) is 5.83. The number of hydrogen-bond acceptors (Lipinski definition) is 5. The number of benzene rings is 4. The topological polar surface area (TPSA) is 93.4 Å². The van der Waals surface area contributed by atoms with Crippen LogP contribution in [0.3, 0.4) is 0 Å². The molecular weight excluding hydrogens is 490 g/mol. The summed E-state index contributed by atoms with van der Waals surface area (Å²) in [6.45, 7) is 2.37. The summed E-state index contributed by atoms with van der Waals surface area (Å²) in [4.78, 5) is 29.9. The Morgan fingerprint density at radius 3 is 2.41 bits per heavy atom. The number of ketones is 1. The molecule has 0 fully saturated rings. The summed E-state index contributed by atoms with van der Waals surface area (Å²) >= 11 is 0. The number of carbonyl (C=O) groups is 2. The van der Waals surface area contributed by atoms with E-state index < -0.39 is 12.0 Å². The number of nitrogens with one attached hydrogen (secondary N) is 1. The lowest BCUT2D eigenvalue weighted by molar-refractivity contribution is -0.137. The van der Waals surface area contributed by atoms with Gasteiger partial charge in [-0.1, -0.05) is 60.7 Å². The van der Waals surface area contributed by atoms with Gasteiger partial charge in [-0.3, -0.25) is 4.79 Å². The number of carbonyl (C=O) groups excluding carboxylic acids is 1. The Hall–Kier alpha value is -4.91. The zero-order valence-corrected chi connectivity index (χ0v) is 21.8. The average molecular weight is 520 g/mol. The molecule has 0 aliphatic carbocycles. The van der Waals surface area contributed by atoms with E-state index in [0.29, 0.717) is 29.2 Å². The van der Waals surface area contributed by atoms with E-state index in [-0.39, 0.29) is 12.2 Å². The first-order valence-corrected chi connectivity index (χ1v) is 12.7. The molecule has 2 N–H and O–H groups in total. The number of carboxylic acids is 1. The molecule has 0 bridgehead atoms. The molecule has 39 heavy (non-hydrogen) atoms. The molecule has 5 aromatic rings. The fourth-order valence-electron chi connectivity index (χ4n) is 4.52. The molecule has 0 amide bonds. The van der Waals surface area contributed by atoms with E-state index in [0.717, 1.165) is 22.4 Å². The minimum absolute atomic E-state index is 0.167. The van der Waals surface area contributed by atoms with Crippen molar-refractivity contribution in [1.82, 2.24) is 9.55 Å². The van der Waals surface area contributed by atoms with E-state index in [1.54, 1.807) is 48.5 Å². The number of hydrogen-bond donors (Lipinski definition) is 2. The highest BCUT2D eigenvalue weighted by Gasteiger charge is 2.21. The van der Waals surface area contributed by atoms with Gasteiger partial charge in [-0.2, -0.15) is 0 Å². The molecule has 1 heterocycles. The zero-order chi connectivity index (χ0) is 27.4. The first-order valence-electron chi connectivity index (χ1n) is 12.7. The normalized spacial score (nSPS) is 11.7. The van der Waals surface area contributed by atoms with Gasteiger partial charge in [0.2, 0.25) is 0 Å². The highest BCUT2D eigenvalue weighted by atomic mass is 16.5. The van der Waals surface area contributed by atoms with Gasteiger partial charge >= 0.3 is 5.97 Å². The van der Waals surface area contributed by atoms with Crippen LogP contribution in [0.1, 0.15) is 32.9 Å². The third-order valence-electron chi connectivity index (χ3n) is 6.70. The largest absolute Gasteiger partial charge is 0.486 e. The predicted molar refractivity (Wildman–Crippen MR) is 151 cm³/mol. The van der Waals surface area contributed by atoms with Crippen LogP contribution in [0.4, 0.5) is 5.69 Å². The molecule has 4 aromatic carbocycles. The molecule has 1 unspecified atom stereocenters. The Balaban J connectivity index is 1.26. The second-order valence-corrected chi connectivity index (χ2v) is 9.49. The van der Waals surface area contributed by atoms with Gasteiger partial charge in [0.15, 0.2) is 5.78 Å². The van der Waals surface area contributed by atoms with Gasteiger partial charge in [-0.05, 0) is 54.4 Å². The van der Waals surface area contributed by atoms with Crippen LogP contribution in [-0.4, -0.2) is 32.5 Å². The Labute approximate surface area is 226 Å². The van der Waals surface area contributed by atoms with Gasteiger partial charge in [0.1, 0.15) is 24.2 Å². The van der Waals surface area contributed by atoms with E-state index in [2.05, 4.69) is 23.3 Å². The maximum absolute atomic E-state index is 13.1. The molecular formula is C32H29N3O4. The number of rotatable bonds is 10. The zero-order valence-electron chi connectivity index (χ0n) is 21.8. The standard InChI is InChI=1S/C32H29N3O4/c1-21-12-17-27-29(18-21)35(2)30(34-27)20-39-24-15-13-22(14-16-24)19-28(32(37)38)33-26-11-7-6-10-25(26)31(36)23-8-4-3-5-9-23/h3-18,28,33H,19-20H2,1-2H3,(H,37,38). The smallest absolute Gasteiger partial charge is 0.326 e. The fourth-order valence-corrected chi connectivity index (χ4v) is 4.52. The minimum atomic E-state index is -1.01. The summed E-state index contributed by atoms with van der Waals surface area (Å²) in [5.41, 5.74) is 5.44. The average Bonchev–Trinajstić information content (AvgIpc) is 3.27. The molecule has 1 aromatic heterocycles. The van der Waals surface area contributed by atoms with Crippen molar-refractivity contribution >= 4 is 28.5 Å². The number of aliphatic carboxylic acids is 1. The Morgan fingerprint density at radius 1 is 0.949 bits per heavy atom. The Bertz CT molecular complexity index is 1630. The number of imidazole rings is 1. The van der Waals surface area contributed by atoms with E-state index in [1.165, 1.54) is 5.56 Å². The van der Waals surface area contributed by atoms with Gasteiger partial charge in [0.05, 0.1) is 11.0 Å². The number of ether oxygens (including phenoxy) is 1. The lowest BCUT2D eigenvalue weighted by Gasteiger charge is -2.18. The van der Waals surface area contributed by atoms with E-state index in [9.17, 15) is 14.7 Å². The van der Waals surface area contributed by atoms with Gasteiger partial charge < -0.3 is 19.7 Å². The van der Waals surface area contributed by atoms with E-state index >= 15 is 0 Å². The quantitative estimate of drug-likeness (QED) is 0.227. The van der Waals surface area contributed by atoms with E-state index in [1.807, 2.05) is 54.1 Å². The number of aryl methyl sites for hydroxylation is 2. The maximum Gasteiger partial charge on any atom is 0.326 e. The molecule has 0 saturated heterocycles. The molecule has 5 rings (SSSR count). The third-order valence-corrected chi connectivity index (χ3v) is 6.70. The van der Waals surface area contributed by atoms with Gasteiger partial charge in [-0.15, -0.1) is 0 Å². The van der Waals surface area contributed by atoms with Crippen molar-refractivity contribution in [3.8, 4) is 5.75 Å². The lowest BCUT2D eigenvalue weighted by Crippen LogP contribution is -2.32. The lowest BCUT2D eigenvalue weighted by atomic mass is 10.00. The fraction of sp³-hybridized carbons (Fsp3) is 0.156. The first-order chi connectivity index (χ1) is 18.9. The highest BCUT2D eigenvalue weighted by molar-refractivity contribution is 6.12. The SMILES string of the molecule is Cc1ccc2nc(COc3ccc(CC(Nc4ccccc4C(=O)c4ccccc4)C(=O)O)cc3)n(C)c2c1. The van der Waals surface area contributed by atoms with Crippen molar-refractivity contribution in [2.45, 2.75) is 26.0 Å². The van der Waals surface area contributed by atoms with Crippen molar-refractivity contribution in [2.24, 2.45) is 7.05 Å². The molecule has 0 spiro atoms. The van der Waals surface area contributed by atoms with Crippen molar-refractivity contribution in [3.63, 3.8) is 0 Å². The number of fused-ring (bicyclic) bond motifs is 1. The summed E-state index contributed by atoms with van der Waals surface area (Å²) in [5.74, 6) is 0.314. The summed E-state index contributed by atoms with van der Waals surface area (Å²) in [6, 6.07) is 28.5. The van der Waals surface area contributed by atoms with E-state index in [4.69, 9.17) is 4.74 Å². The van der Waals surface area contributed by atoms with Crippen LogP contribution in [0.5, 0.6) is 5.75 Å². The van der Waals surface area contributed by atoms with Crippen molar-refractivity contribution in [1.29, 1.82) is 0 Å². The monoisotopic (exact) mass is 519 g/mol. The number of nitrogens with zero attached hydrogens (tertiary/aromatic N) is 2. The van der Waals surface area contributed by atoms with Crippen LogP contribution in [0.2, 0.25) is 0 Å². The summed E-state index contributed by atoms with van der Waals surface area (Å²) in [7, 11) is 1.97. The number of aromatic nitrogens is 2. The predicted octanol–water partition coefficient (Wildman–Crippen LogP) is 5.80. The molecule has 0 radical (unpaired) electrons. The number of anilines is 1. The van der Waals surface area contributed by atoms with Crippen LogP contribution >= 0.6 is 0 Å². The molecule has 1 atom stereocenters. The van der Waals surface area contributed by atoms with Crippen molar-refractivity contribution in [3.05, 3.63) is 125 Å². The maximum atomic E-state index is 13.1. The second-order valence-electron chi connectivity index (χ2n) is 9.49. The molecule has 0 aliphatic rings. The molecule has 196 valence electrons. The van der Waals surface area contributed by atoms with Gasteiger partial charge in [0.25, 0.3) is 0 Å². The second kappa shape index (κ2) is 11.2. The summed E-state index contributed by atoms with van der Waals surface area (Å²) < 4.78 is 8.00. The van der Waals surface area contributed by atoms with Crippen molar-refractivity contribution in [2.75, 3.05) is 5.32 Å². The summed E-state index contributed by atoms with van der Waals surface area (Å²) in [5, 5.41) is 13.0. The molecule has 0 saturated carbocycles.